The average Bonchev–Trinajstić information content (AvgIpc) is 1.89. The van der Waals surface area contributed by atoms with Gasteiger partial charge in [-0.15, -0.1) is 0 Å². The van der Waals surface area contributed by atoms with Crippen LogP contribution in [0.1, 0.15) is 19.3 Å². The molecule has 9 heavy (non-hydrogen) atoms. The average molecular weight is 240 g/mol. The highest BCUT2D eigenvalue weighted by Gasteiger charge is 2.17. The molecule has 2 N–H and O–H groups in total. The maximum atomic E-state index is 5.55. The Bertz CT molecular complexity index is 87.1. The molecule has 0 aromatic heterocycles. The van der Waals surface area contributed by atoms with E-state index in [1.807, 2.05) is 0 Å². The van der Waals surface area contributed by atoms with Crippen molar-refractivity contribution in [2.24, 2.45) is 5.73 Å². The van der Waals surface area contributed by atoms with Gasteiger partial charge in [0.1, 0.15) is 0 Å². The van der Waals surface area contributed by atoms with E-state index in [9.17, 15) is 0 Å². The molecule has 2 nitrogen and oxygen atoms in total. The molecule has 1 rings (SSSR count). The summed E-state index contributed by atoms with van der Waals surface area (Å²) in [5, 5.41) is 0. The Hall–Kier alpha value is 0.650. The molecule has 0 aromatic rings. The monoisotopic (exact) mass is 240 g/mol. The van der Waals surface area contributed by atoms with Gasteiger partial charge in [0.15, 0.2) is 0 Å². The van der Waals surface area contributed by atoms with Gasteiger partial charge in [-0.05, 0) is 12.8 Å². The number of rotatable bonds is 1. The minimum Gasteiger partial charge on any atom is -0.329 e. The van der Waals surface area contributed by atoms with E-state index < -0.39 is 0 Å². The van der Waals surface area contributed by atoms with E-state index in [1.54, 1.807) is 0 Å². The topological polar surface area (TPSA) is 29.3 Å². The Morgan fingerprint density at radius 1 is 1.56 bits per heavy atom. The number of piperidine rings is 1. The quantitative estimate of drug-likeness (QED) is 0.550. The van der Waals surface area contributed by atoms with Gasteiger partial charge < -0.3 is 5.73 Å². The van der Waals surface area contributed by atoms with Gasteiger partial charge in [0, 0.05) is 42.0 Å². The predicted octanol–water partition coefficient (Wildman–Crippen LogP) is 1.15. The Morgan fingerprint density at radius 3 is 2.78 bits per heavy atom. The summed E-state index contributed by atoms with van der Waals surface area (Å²) >= 11 is 2.37. The molecule has 3 heteroatoms. The third-order valence-corrected chi connectivity index (χ3v) is 3.10. The Balaban J connectivity index is 2.30. The van der Waals surface area contributed by atoms with Crippen LogP contribution in [-0.4, -0.2) is 22.2 Å². The Labute approximate surface area is 70.3 Å². The molecular weight excluding hydrogens is 227 g/mol. The van der Waals surface area contributed by atoms with Gasteiger partial charge in [0.2, 0.25) is 0 Å². The molecule has 54 valence electrons. The third-order valence-electron chi connectivity index (χ3n) is 1.83. The van der Waals surface area contributed by atoms with Crippen LogP contribution in [0.4, 0.5) is 0 Å². The van der Waals surface area contributed by atoms with Crippen molar-refractivity contribution in [1.29, 1.82) is 0 Å². The molecule has 1 aliphatic rings. The van der Waals surface area contributed by atoms with Crippen molar-refractivity contribution in [3.8, 4) is 0 Å². The second-order valence-corrected chi connectivity index (χ2v) is 3.75. The van der Waals surface area contributed by atoms with Gasteiger partial charge in [-0.25, -0.2) is 3.11 Å². The molecular formula is C6H13IN2. The van der Waals surface area contributed by atoms with E-state index in [4.69, 9.17) is 5.73 Å². The molecule has 0 aliphatic carbocycles. The van der Waals surface area contributed by atoms with E-state index in [-0.39, 0.29) is 0 Å². The zero-order valence-corrected chi connectivity index (χ0v) is 7.67. The molecule has 1 fully saturated rings. The molecule has 0 amide bonds. The number of halogens is 1. The summed E-state index contributed by atoms with van der Waals surface area (Å²) in [7, 11) is 0. The van der Waals surface area contributed by atoms with E-state index >= 15 is 0 Å². The molecule has 1 unspecified atom stereocenters. The zero-order valence-electron chi connectivity index (χ0n) is 5.52. The first-order chi connectivity index (χ1) is 4.34. The van der Waals surface area contributed by atoms with Crippen molar-refractivity contribution in [3.05, 3.63) is 0 Å². The van der Waals surface area contributed by atoms with Gasteiger partial charge in [0.05, 0.1) is 0 Å². The molecule has 1 heterocycles. The van der Waals surface area contributed by atoms with Crippen LogP contribution in [-0.2, 0) is 0 Å². The standard InChI is InChI=1S/C6H13IN2/c7-9-4-2-1-3-6(9)5-8/h6H,1-5,8H2. The van der Waals surface area contributed by atoms with E-state index in [1.165, 1.54) is 25.8 Å². The van der Waals surface area contributed by atoms with Crippen LogP contribution >= 0.6 is 22.9 Å². The van der Waals surface area contributed by atoms with E-state index in [0.717, 1.165) is 6.54 Å². The zero-order chi connectivity index (χ0) is 6.69. The third kappa shape index (κ3) is 2.05. The number of nitrogens with two attached hydrogens (primary N) is 1. The summed E-state index contributed by atoms with van der Waals surface area (Å²) < 4.78 is 2.33. The van der Waals surface area contributed by atoms with Crippen molar-refractivity contribution < 1.29 is 0 Å². The van der Waals surface area contributed by atoms with Crippen LogP contribution in [0.2, 0.25) is 0 Å². The summed E-state index contributed by atoms with van der Waals surface area (Å²) in [5.41, 5.74) is 5.55. The molecule has 0 radical (unpaired) electrons. The first-order valence-corrected chi connectivity index (χ1v) is 4.43. The lowest BCUT2D eigenvalue weighted by Gasteiger charge is -2.29. The summed E-state index contributed by atoms with van der Waals surface area (Å²) in [6.07, 6.45) is 4.00. The van der Waals surface area contributed by atoms with Crippen LogP contribution in [0.25, 0.3) is 0 Å². The molecule has 0 aromatic carbocycles. The number of hydrogen-bond donors (Lipinski definition) is 1. The molecule has 0 spiro atoms. The molecule has 0 bridgehead atoms. The molecule has 1 aliphatic heterocycles. The Morgan fingerprint density at radius 2 is 2.33 bits per heavy atom. The summed E-state index contributed by atoms with van der Waals surface area (Å²) in [5.74, 6) is 0. The first-order valence-electron chi connectivity index (χ1n) is 3.47. The molecule has 1 atom stereocenters. The SMILES string of the molecule is NCC1CCCCN1I. The maximum absolute atomic E-state index is 5.55. The van der Waals surface area contributed by atoms with Gasteiger partial charge >= 0.3 is 0 Å². The molecule has 1 saturated heterocycles. The van der Waals surface area contributed by atoms with Gasteiger partial charge in [-0.3, -0.25) is 0 Å². The fraction of sp³-hybridized carbons (Fsp3) is 1.00. The highest BCUT2D eigenvalue weighted by Crippen LogP contribution is 2.18. The lowest BCUT2D eigenvalue weighted by Crippen LogP contribution is -2.37. The Kier molecular flexibility index (Phi) is 3.21. The number of hydrogen-bond acceptors (Lipinski definition) is 2. The fourth-order valence-electron chi connectivity index (χ4n) is 1.20. The second kappa shape index (κ2) is 3.73. The van der Waals surface area contributed by atoms with Crippen LogP contribution in [0.3, 0.4) is 0 Å². The van der Waals surface area contributed by atoms with Crippen LogP contribution in [0.5, 0.6) is 0 Å². The summed E-state index contributed by atoms with van der Waals surface area (Å²) in [6, 6.07) is 0.652. The van der Waals surface area contributed by atoms with Crippen molar-refractivity contribution in [2.75, 3.05) is 13.1 Å². The fourth-order valence-corrected chi connectivity index (χ4v) is 2.04. The van der Waals surface area contributed by atoms with Gasteiger partial charge in [-0.2, -0.15) is 0 Å². The largest absolute Gasteiger partial charge is 0.329 e. The lowest BCUT2D eigenvalue weighted by molar-refractivity contribution is 0.303. The highest BCUT2D eigenvalue weighted by molar-refractivity contribution is 14.1. The number of nitrogens with zero attached hydrogens (tertiary/aromatic N) is 1. The smallest absolute Gasteiger partial charge is 0.0316 e. The van der Waals surface area contributed by atoms with Gasteiger partial charge in [-0.1, -0.05) is 6.42 Å². The van der Waals surface area contributed by atoms with Crippen LogP contribution in [0, 0.1) is 0 Å². The second-order valence-electron chi connectivity index (χ2n) is 2.51. The van der Waals surface area contributed by atoms with E-state index in [0.29, 0.717) is 6.04 Å². The van der Waals surface area contributed by atoms with Crippen molar-refractivity contribution in [3.63, 3.8) is 0 Å². The van der Waals surface area contributed by atoms with Crippen LogP contribution in [0.15, 0.2) is 0 Å². The maximum Gasteiger partial charge on any atom is 0.0316 e. The van der Waals surface area contributed by atoms with Crippen molar-refractivity contribution in [2.45, 2.75) is 25.3 Å². The minimum absolute atomic E-state index is 0.652. The molecule has 0 saturated carbocycles. The van der Waals surface area contributed by atoms with Crippen molar-refractivity contribution >= 4 is 22.9 Å². The highest BCUT2D eigenvalue weighted by atomic mass is 127. The van der Waals surface area contributed by atoms with Gasteiger partial charge in [0.25, 0.3) is 0 Å². The predicted molar refractivity (Wildman–Crippen MR) is 47.4 cm³/mol. The van der Waals surface area contributed by atoms with E-state index in [2.05, 4.69) is 26.0 Å². The van der Waals surface area contributed by atoms with Crippen molar-refractivity contribution in [1.82, 2.24) is 3.11 Å². The lowest BCUT2D eigenvalue weighted by atomic mass is 10.1. The summed E-state index contributed by atoms with van der Waals surface area (Å²) in [4.78, 5) is 0. The first kappa shape index (κ1) is 7.75. The van der Waals surface area contributed by atoms with Crippen LogP contribution < -0.4 is 5.73 Å². The minimum atomic E-state index is 0.652. The normalized spacial score (nSPS) is 30.7. The summed E-state index contributed by atoms with van der Waals surface area (Å²) in [6.45, 7) is 2.05.